The number of amides is 2. The third-order valence-corrected chi connectivity index (χ3v) is 6.33. The third kappa shape index (κ3) is 5.34. The maximum Gasteiger partial charge on any atom is 0.414 e. The Morgan fingerprint density at radius 1 is 1.29 bits per heavy atom. The quantitative estimate of drug-likeness (QED) is 0.440. The Hall–Kier alpha value is -4.33. The molecule has 0 saturated carbocycles. The van der Waals surface area contributed by atoms with E-state index < -0.39 is 29.7 Å². The van der Waals surface area contributed by atoms with Gasteiger partial charge in [0.25, 0.3) is 5.88 Å². The van der Waals surface area contributed by atoms with Gasteiger partial charge < -0.3 is 24.0 Å². The van der Waals surface area contributed by atoms with E-state index in [2.05, 4.69) is 19.8 Å². The van der Waals surface area contributed by atoms with Crippen LogP contribution in [-0.2, 0) is 16.1 Å². The van der Waals surface area contributed by atoms with E-state index in [1.165, 1.54) is 34.6 Å². The zero-order chi connectivity index (χ0) is 26.6. The molecule has 2 aliphatic heterocycles. The number of nitrogens with zero attached hydrogens (tertiary/aromatic N) is 6. The SMILES string of the molecule is O=C(C(CO)Cn1cncn1)N1CC=C(c2c(F)cc(N3C[C@H](COc4ccon4)OC3=O)cc2F)CC1. The van der Waals surface area contributed by atoms with E-state index in [0.717, 1.165) is 17.0 Å². The molecule has 1 unspecified atom stereocenters. The number of benzene rings is 1. The van der Waals surface area contributed by atoms with Gasteiger partial charge in [-0.25, -0.2) is 18.6 Å². The molecule has 2 amide bonds. The van der Waals surface area contributed by atoms with Gasteiger partial charge in [0, 0.05) is 24.7 Å². The number of anilines is 1. The molecule has 1 N–H and O–H groups in total. The van der Waals surface area contributed by atoms with Gasteiger partial charge in [0.05, 0.1) is 31.3 Å². The number of aromatic nitrogens is 4. The van der Waals surface area contributed by atoms with Crippen molar-refractivity contribution in [1.29, 1.82) is 0 Å². The van der Waals surface area contributed by atoms with Crippen LogP contribution in [0.3, 0.4) is 0 Å². The van der Waals surface area contributed by atoms with Crippen molar-refractivity contribution in [3.05, 3.63) is 60.4 Å². The lowest BCUT2D eigenvalue weighted by molar-refractivity contribution is -0.137. The van der Waals surface area contributed by atoms with Gasteiger partial charge >= 0.3 is 6.09 Å². The Morgan fingerprint density at radius 3 is 2.74 bits per heavy atom. The lowest BCUT2D eigenvalue weighted by Crippen LogP contribution is -2.41. The summed E-state index contributed by atoms with van der Waals surface area (Å²) in [4.78, 5) is 31.7. The summed E-state index contributed by atoms with van der Waals surface area (Å²) < 4.78 is 47.0. The van der Waals surface area contributed by atoms with Crippen molar-refractivity contribution >= 4 is 23.3 Å². The van der Waals surface area contributed by atoms with E-state index in [-0.39, 0.29) is 68.9 Å². The van der Waals surface area contributed by atoms with Crippen molar-refractivity contribution in [2.24, 2.45) is 5.92 Å². The molecule has 200 valence electrons. The average Bonchev–Trinajstić information content (AvgIpc) is 3.68. The zero-order valence-electron chi connectivity index (χ0n) is 20.1. The lowest BCUT2D eigenvalue weighted by Gasteiger charge is -2.30. The minimum Gasteiger partial charge on any atom is -0.471 e. The van der Waals surface area contributed by atoms with Gasteiger partial charge in [-0.05, 0) is 29.3 Å². The Balaban J connectivity index is 1.24. The summed E-state index contributed by atoms with van der Waals surface area (Å²) in [6.07, 6.45) is 4.51. The highest BCUT2D eigenvalue weighted by molar-refractivity contribution is 5.90. The molecule has 1 saturated heterocycles. The summed E-state index contributed by atoms with van der Waals surface area (Å²) in [6.45, 7) is 0.187. The van der Waals surface area contributed by atoms with Crippen molar-refractivity contribution in [3.8, 4) is 5.88 Å². The van der Waals surface area contributed by atoms with Crippen LogP contribution < -0.4 is 9.64 Å². The van der Waals surface area contributed by atoms with Crippen LogP contribution in [0, 0.1) is 17.6 Å². The molecule has 3 aromatic rings. The van der Waals surface area contributed by atoms with Gasteiger partial charge in [0.2, 0.25) is 5.91 Å². The van der Waals surface area contributed by atoms with Crippen molar-refractivity contribution in [3.63, 3.8) is 0 Å². The normalized spacial score (nSPS) is 18.3. The third-order valence-electron chi connectivity index (χ3n) is 6.33. The van der Waals surface area contributed by atoms with Crippen LogP contribution in [-0.4, -0.2) is 80.9 Å². The van der Waals surface area contributed by atoms with Crippen LogP contribution in [0.4, 0.5) is 19.3 Å². The fourth-order valence-corrected chi connectivity index (χ4v) is 4.42. The van der Waals surface area contributed by atoms with Crippen LogP contribution in [0.5, 0.6) is 5.88 Å². The van der Waals surface area contributed by atoms with E-state index in [4.69, 9.17) is 9.47 Å². The summed E-state index contributed by atoms with van der Waals surface area (Å²) in [5.41, 5.74) is 0.223. The van der Waals surface area contributed by atoms with E-state index >= 15 is 8.78 Å². The van der Waals surface area contributed by atoms with Gasteiger partial charge in [0.1, 0.15) is 37.2 Å². The van der Waals surface area contributed by atoms with E-state index in [9.17, 15) is 14.7 Å². The number of hydrogen-bond donors (Lipinski definition) is 1. The predicted octanol–water partition coefficient (Wildman–Crippen LogP) is 1.87. The first-order chi connectivity index (χ1) is 18.4. The number of hydrogen-bond acceptors (Lipinski definition) is 9. The Kier molecular flexibility index (Phi) is 7.31. The molecule has 0 bridgehead atoms. The maximum absolute atomic E-state index is 15.1. The van der Waals surface area contributed by atoms with E-state index in [1.54, 1.807) is 6.08 Å². The van der Waals surface area contributed by atoms with Crippen LogP contribution >= 0.6 is 0 Å². The zero-order valence-corrected chi connectivity index (χ0v) is 20.1. The number of carbonyl (C=O) groups is 2. The number of carbonyl (C=O) groups excluding carboxylic acids is 2. The standard InChI is InChI=1S/C24H24F2N6O6/c25-19-7-17(32-10-18(38-24(32)35)12-36-21-3-6-37-29-21)8-20(26)22(19)15-1-4-30(5-2-15)23(34)16(11-33)9-31-14-27-13-28-31/h1,3,6-8,13-14,16,18,33H,2,4-5,9-12H2/t16?,18-/m1/s1. The molecular formula is C24H24F2N6O6. The van der Waals surface area contributed by atoms with Crippen LogP contribution in [0.2, 0.25) is 0 Å². The minimum absolute atomic E-state index is 0.00407. The van der Waals surface area contributed by atoms with Gasteiger partial charge in [-0.2, -0.15) is 5.10 Å². The maximum atomic E-state index is 15.1. The second kappa shape index (κ2) is 11.0. The van der Waals surface area contributed by atoms with E-state index in [1.807, 2.05) is 0 Å². The molecule has 38 heavy (non-hydrogen) atoms. The number of cyclic esters (lactones) is 1. The topological polar surface area (TPSA) is 136 Å². The number of ether oxygens (including phenoxy) is 2. The Bertz CT molecular complexity index is 1290. The van der Waals surface area contributed by atoms with Crippen LogP contribution in [0.25, 0.3) is 5.57 Å². The highest BCUT2D eigenvalue weighted by Gasteiger charge is 2.34. The molecule has 12 nitrogen and oxygen atoms in total. The monoisotopic (exact) mass is 530 g/mol. The second-order valence-electron chi connectivity index (χ2n) is 8.81. The number of halogens is 2. The molecular weight excluding hydrogens is 506 g/mol. The molecule has 0 radical (unpaired) electrons. The Morgan fingerprint density at radius 2 is 2.11 bits per heavy atom. The molecule has 2 aromatic heterocycles. The first-order valence-corrected chi connectivity index (χ1v) is 11.8. The number of rotatable bonds is 9. The molecule has 14 heteroatoms. The van der Waals surface area contributed by atoms with E-state index in [0.29, 0.717) is 5.57 Å². The fourth-order valence-electron chi connectivity index (χ4n) is 4.42. The number of aliphatic hydroxyl groups excluding tert-OH is 1. The second-order valence-corrected chi connectivity index (χ2v) is 8.81. The first-order valence-electron chi connectivity index (χ1n) is 11.8. The summed E-state index contributed by atoms with van der Waals surface area (Å²) in [6, 6.07) is 3.66. The molecule has 5 rings (SSSR count). The highest BCUT2D eigenvalue weighted by Crippen LogP contribution is 2.32. The summed E-state index contributed by atoms with van der Waals surface area (Å²) in [5, 5.41) is 17.2. The van der Waals surface area contributed by atoms with Crippen molar-refractivity contribution < 1.29 is 37.5 Å². The summed E-state index contributed by atoms with van der Waals surface area (Å²) >= 11 is 0. The first kappa shape index (κ1) is 25.3. The van der Waals surface area contributed by atoms with Crippen molar-refractivity contribution in [2.75, 3.05) is 37.7 Å². The van der Waals surface area contributed by atoms with Gasteiger partial charge in [-0.1, -0.05) is 6.08 Å². The predicted molar refractivity (Wildman–Crippen MR) is 126 cm³/mol. The van der Waals surface area contributed by atoms with Gasteiger partial charge in [-0.3, -0.25) is 14.4 Å². The highest BCUT2D eigenvalue weighted by atomic mass is 19.1. The van der Waals surface area contributed by atoms with Crippen molar-refractivity contribution in [2.45, 2.75) is 19.1 Å². The molecule has 0 aliphatic carbocycles. The smallest absolute Gasteiger partial charge is 0.414 e. The van der Waals surface area contributed by atoms with Gasteiger partial charge in [-0.15, -0.1) is 0 Å². The minimum atomic E-state index is -0.833. The Labute approximate surface area is 215 Å². The molecule has 1 fully saturated rings. The molecule has 2 atom stereocenters. The molecule has 1 aromatic carbocycles. The van der Waals surface area contributed by atoms with Gasteiger partial charge in [0.15, 0.2) is 6.10 Å². The van der Waals surface area contributed by atoms with Crippen LogP contribution in [0.1, 0.15) is 12.0 Å². The fraction of sp³-hybridized carbons (Fsp3) is 0.375. The molecule has 2 aliphatic rings. The molecule has 0 spiro atoms. The average molecular weight is 530 g/mol. The summed E-state index contributed by atoms with van der Waals surface area (Å²) in [7, 11) is 0. The van der Waals surface area contributed by atoms with Crippen LogP contribution in [0.15, 0.2) is 47.7 Å². The summed E-state index contributed by atoms with van der Waals surface area (Å²) in [5.74, 6) is -2.45. The molecule has 4 heterocycles. The lowest BCUT2D eigenvalue weighted by atomic mass is 9.97. The largest absolute Gasteiger partial charge is 0.471 e. The number of aliphatic hydroxyl groups is 1. The van der Waals surface area contributed by atoms with Crippen molar-refractivity contribution in [1.82, 2.24) is 24.8 Å².